The number of rotatable bonds is 5. The van der Waals surface area contributed by atoms with E-state index in [0.717, 1.165) is 31.5 Å². The summed E-state index contributed by atoms with van der Waals surface area (Å²) in [5, 5.41) is 3.15. The molecule has 2 atom stereocenters. The Hall–Kier alpha value is -2.39. The highest BCUT2D eigenvalue weighted by Gasteiger charge is 2.06. The van der Waals surface area contributed by atoms with Crippen LogP contribution in [0.5, 0.6) is 0 Å². The van der Waals surface area contributed by atoms with Crippen molar-refractivity contribution in [3.63, 3.8) is 0 Å². The largest absolute Gasteiger partial charge is 0.464 e. The Morgan fingerprint density at radius 1 is 0.871 bits per heavy atom. The summed E-state index contributed by atoms with van der Waals surface area (Å²) in [7, 11) is -0.633. The van der Waals surface area contributed by atoms with Gasteiger partial charge in [-0.15, -0.1) is 0 Å². The van der Waals surface area contributed by atoms with E-state index >= 15 is 0 Å². The minimum Gasteiger partial charge on any atom is -0.464 e. The van der Waals surface area contributed by atoms with Gasteiger partial charge in [-0.25, -0.2) is 17.9 Å². The molecule has 0 aliphatic carbocycles. The number of benzene rings is 2. The third kappa shape index (κ3) is 7.07. The van der Waals surface area contributed by atoms with Crippen molar-refractivity contribution in [3.8, 4) is 0 Å². The summed E-state index contributed by atoms with van der Waals surface area (Å²) in [5.74, 6) is 0. The van der Waals surface area contributed by atoms with Crippen molar-refractivity contribution in [2.24, 2.45) is 0 Å². The summed E-state index contributed by atoms with van der Waals surface area (Å²) < 4.78 is 34.1. The second-order valence-corrected chi connectivity index (χ2v) is 9.18. The van der Waals surface area contributed by atoms with Crippen LogP contribution in [-0.4, -0.2) is 26.5 Å². The van der Waals surface area contributed by atoms with Gasteiger partial charge in [0.15, 0.2) is 0 Å². The van der Waals surface area contributed by atoms with Gasteiger partial charge < -0.3 is 4.42 Å². The molecule has 0 bridgehead atoms. The molecule has 0 saturated heterocycles. The molecule has 0 aliphatic rings. The molecule has 31 heavy (non-hydrogen) atoms. The molecule has 2 N–H and O–H groups in total. The van der Waals surface area contributed by atoms with Crippen LogP contribution >= 0.6 is 0 Å². The highest BCUT2D eigenvalue weighted by Crippen LogP contribution is 2.18. The molecule has 0 amide bonds. The maximum absolute atomic E-state index is 11.9. The topological polar surface area (TPSA) is 84.2 Å². The Morgan fingerprint density at radius 3 is 2.23 bits per heavy atom. The van der Waals surface area contributed by atoms with E-state index in [1.165, 1.54) is 0 Å². The first-order valence-electron chi connectivity index (χ1n) is 10.1. The maximum Gasteiger partial charge on any atom is 0.135 e. The number of nitrogens with one attached hydrogen (secondary N) is 2. The first-order valence-corrected chi connectivity index (χ1v) is 12.4. The molecule has 166 valence electrons. The molecule has 4 aromatic rings. The normalized spacial score (nSPS) is 12.6. The van der Waals surface area contributed by atoms with Crippen molar-refractivity contribution in [1.29, 1.82) is 0 Å². The highest BCUT2D eigenvalue weighted by molar-refractivity contribution is 7.83. The van der Waals surface area contributed by atoms with Crippen molar-refractivity contribution in [2.45, 2.75) is 43.5 Å². The molecular formula is C23H29N3O3S2. The minimum atomic E-state index is -1.15. The molecule has 0 spiro atoms. The van der Waals surface area contributed by atoms with Gasteiger partial charge in [0.1, 0.15) is 27.6 Å². The second kappa shape index (κ2) is 12.5. The molecule has 0 aliphatic heterocycles. The monoisotopic (exact) mass is 459 g/mol. The van der Waals surface area contributed by atoms with E-state index < -0.39 is 22.0 Å². The van der Waals surface area contributed by atoms with Gasteiger partial charge in [-0.3, -0.25) is 4.98 Å². The van der Waals surface area contributed by atoms with Crippen LogP contribution in [0.2, 0.25) is 0 Å². The van der Waals surface area contributed by atoms with Crippen LogP contribution in [0.4, 0.5) is 0 Å². The van der Waals surface area contributed by atoms with Crippen molar-refractivity contribution < 1.29 is 12.8 Å². The Bertz CT molecular complexity index is 1160. The van der Waals surface area contributed by atoms with Crippen molar-refractivity contribution >= 4 is 43.7 Å². The number of hydrogen-bond donors (Lipinski definition) is 2. The molecule has 8 heteroatoms. The number of pyridine rings is 1. The molecule has 2 aromatic carbocycles. The van der Waals surface area contributed by atoms with Crippen LogP contribution in [0.3, 0.4) is 0 Å². The van der Waals surface area contributed by atoms with Crippen LogP contribution in [0, 0.1) is 0 Å². The van der Waals surface area contributed by atoms with Gasteiger partial charge in [0, 0.05) is 29.2 Å². The number of nitrogens with zero attached hydrogens (tertiary/aromatic N) is 1. The minimum absolute atomic E-state index is 0.199. The third-order valence-corrected chi connectivity index (χ3v) is 6.42. The van der Waals surface area contributed by atoms with Crippen LogP contribution < -0.4 is 9.44 Å². The molecule has 2 heterocycles. The molecule has 2 unspecified atom stereocenters. The quantitative estimate of drug-likeness (QED) is 0.442. The predicted molar refractivity (Wildman–Crippen MR) is 129 cm³/mol. The average Bonchev–Trinajstić information content (AvgIpc) is 3.27. The first-order chi connectivity index (χ1) is 15.0. The van der Waals surface area contributed by atoms with Crippen LogP contribution in [0.15, 0.2) is 81.4 Å². The van der Waals surface area contributed by atoms with E-state index in [4.69, 9.17) is 4.42 Å². The zero-order valence-corrected chi connectivity index (χ0v) is 20.0. The van der Waals surface area contributed by atoms with E-state index in [1.54, 1.807) is 31.8 Å². The van der Waals surface area contributed by atoms with E-state index in [2.05, 4.69) is 14.4 Å². The summed E-state index contributed by atoms with van der Waals surface area (Å²) in [5.41, 5.74) is 0.765. The Kier molecular flexibility index (Phi) is 10.00. The standard InChI is InChI=1S/C12H14N2OS.C9H9NO2S.C2H6/c1-9(2)14-16(15)12-4-3-10-5-6-13-8-11(10)7-12;1-10-13(11)8-3-2-7-4-5-12-9(7)6-8;1-2/h3-9,14H,1-2H3;2-6,10H,1H3;1-2H3. The number of furan rings is 1. The first kappa shape index (κ1) is 24.9. The lowest BCUT2D eigenvalue weighted by atomic mass is 10.2. The van der Waals surface area contributed by atoms with Crippen LogP contribution in [-0.2, 0) is 22.0 Å². The SMILES string of the molecule is CC.CC(C)NS(=O)c1ccc2ccncc2c1.CNS(=O)c1ccc2ccoc2c1. The lowest BCUT2D eigenvalue weighted by Crippen LogP contribution is -2.24. The van der Waals surface area contributed by atoms with Gasteiger partial charge >= 0.3 is 0 Å². The molecule has 0 radical (unpaired) electrons. The fourth-order valence-electron chi connectivity index (χ4n) is 2.63. The van der Waals surface area contributed by atoms with Gasteiger partial charge in [0.25, 0.3) is 0 Å². The van der Waals surface area contributed by atoms with Crippen LogP contribution in [0.25, 0.3) is 21.7 Å². The lowest BCUT2D eigenvalue weighted by molar-refractivity contribution is 0.614. The van der Waals surface area contributed by atoms with E-state index in [-0.39, 0.29) is 6.04 Å². The summed E-state index contributed by atoms with van der Waals surface area (Å²) in [6.45, 7) is 7.95. The Balaban J connectivity index is 0.000000208. The molecule has 6 nitrogen and oxygen atoms in total. The van der Waals surface area contributed by atoms with Gasteiger partial charge in [-0.1, -0.05) is 19.9 Å². The zero-order valence-electron chi connectivity index (χ0n) is 18.4. The maximum atomic E-state index is 11.9. The average molecular weight is 460 g/mol. The Morgan fingerprint density at radius 2 is 1.55 bits per heavy atom. The lowest BCUT2D eigenvalue weighted by Gasteiger charge is -2.08. The summed E-state index contributed by atoms with van der Waals surface area (Å²) in [6.07, 6.45) is 5.16. The summed E-state index contributed by atoms with van der Waals surface area (Å²) in [6, 6.07) is 15.3. The molecule has 4 rings (SSSR count). The number of aromatic nitrogens is 1. The molecular weight excluding hydrogens is 430 g/mol. The fourth-order valence-corrected chi connectivity index (χ4v) is 4.26. The fraction of sp³-hybridized carbons (Fsp3) is 0.261. The Labute approximate surface area is 188 Å². The molecule has 0 saturated carbocycles. The van der Waals surface area contributed by atoms with E-state index in [9.17, 15) is 8.42 Å². The van der Waals surface area contributed by atoms with Crippen LogP contribution in [0.1, 0.15) is 27.7 Å². The summed E-state index contributed by atoms with van der Waals surface area (Å²) >= 11 is 0. The predicted octanol–water partition coefficient (Wildman–Crippen LogP) is 4.96. The van der Waals surface area contributed by atoms with Crippen molar-refractivity contribution in [2.75, 3.05) is 7.05 Å². The molecule has 0 fully saturated rings. The number of fused-ring (bicyclic) bond motifs is 2. The van der Waals surface area contributed by atoms with Crippen molar-refractivity contribution in [3.05, 3.63) is 67.2 Å². The van der Waals surface area contributed by atoms with Gasteiger partial charge in [0.2, 0.25) is 0 Å². The zero-order chi connectivity index (χ0) is 22.8. The van der Waals surface area contributed by atoms with Gasteiger partial charge in [0.05, 0.1) is 16.1 Å². The third-order valence-electron chi connectivity index (χ3n) is 4.00. The van der Waals surface area contributed by atoms with Crippen molar-refractivity contribution in [1.82, 2.24) is 14.4 Å². The van der Waals surface area contributed by atoms with E-state index in [1.807, 2.05) is 70.2 Å². The summed E-state index contributed by atoms with van der Waals surface area (Å²) in [4.78, 5) is 5.57. The van der Waals surface area contributed by atoms with E-state index in [0.29, 0.717) is 0 Å². The smallest absolute Gasteiger partial charge is 0.135 e. The van der Waals surface area contributed by atoms with Gasteiger partial charge in [-0.05, 0) is 68.7 Å². The number of hydrogen-bond acceptors (Lipinski definition) is 4. The van der Waals surface area contributed by atoms with Gasteiger partial charge in [-0.2, -0.15) is 0 Å². The molecule has 2 aromatic heterocycles. The second-order valence-electron chi connectivity index (χ2n) is 6.52. The highest BCUT2D eigenvalue weighted by atomic mass is 32.2.